The number of pyridine rings is 1. The maximum atomic E-state index is 13.4. The fourth-order valence-electron chi connectivity index (χ4n) is 4.29. The number of carbonyl (C=O) groups is 1. The van der Waals surface area contributed by atoms with Crippen molar-refractivity contribution in [1.82, 2.24) is 14.8 Å². The number of aromatic nitrogens is 3. The van der Waals surface area contributed by atoms with Crippen molar-refractivity contribution in [3.05, 3.63) is 105 Å². The third-order valence-corrected chi connectivity index (χ3v) is 6.70. The highest BCUT2D eigenvalue weighted by Gasteiger charge is 2.28. The average molecular weight is 524 g/mol. The van der Waals surface area contributed by atoms with E-state index in [4.69, 9.17) is 39.9 Å². The highest BCUT2D eigenvalue weighted by atomic mass is 35.5. The zero-order valence-electron chi connectivity index (χ0n) is 18.6. The molecule has 2 aromatic carbocycles. The molecule has 0 unspecified atom stereocenters. The maximum Gasteiger partial charge on any atom is 0.276 e. The summed E-state index contributed by atoms with van der Waals surface area (Å²) < 4.78 is 1.78. The predicted octanol–water partition coefficient (Wildman–Crippen LogP) is 7.75. The van der Waals surface area contributed by atoms with E-state index in [2.05, 4.69) is 16.4 Å². The first-order chi connectivity index (χ1) is 17.0. The Morgan fingerprint density at radius 2 is 1.63 bits per heavy atom. The first-order valence-electron chi connectivity index (χ1n) is 11.2. The molecule has 35 heavy (non-hydrogen) atoms. The van der Waals surface area contributed by atoms with Crippen LogP contribution in [0.1, 0.15) is 46.6 Å². The number of nitrogens with zero attached hydrogens (tertiary/aromatic N) is 3. The van der Waals surface area contributed by atoms with Crippen LogP contribution in [0.5, 0.6) is 0 Å². The molecule has 176 valence electrons. The van der Waals surface area contributed by atoms with Gasteiger partial charge >= 0.3 is 0 Å². The summed E-state index contributed by atoms with van der Waals surface area (Å²) in [5.74, 6) is -0.274. The monoisotopic (exact) mass is 522 g/mol. The summed E-state index contributed by atoms with van der Waals surface area (Å²) >= 11 is 18.9. The Kier molecular flexibility index (Phi) is 6.91. The summed E-state index contributed by atoms with van der Waals surface area (Å²) in [6.45, 7) is 0. The molecule has 0 fully saturated rings. The molecule has 0 bridgehead atoms. The van der Waals surface area contributed by atoms with Gasteiger partial charge in [-0.15, -0.1) is 0 Å². The Bertz CT molecular complexity index is 1410. The third kappa shape index (κ3) is 5.13. The van der Waals surface area contributed by atoms with Crippen molar-refractivity contribution in [2.75, 3.05) is 5.32 Å². The molecular weight excluding hydrogens is 503 g/mol. The molecule has 8 heteroatoms. The van der Waals surface area contributed by atoms with E-state index in [1.165, 1.54) is 0 Å². The van der Waals surface area contributed by atoms with Crippen LogP contribution in [0.15, 0.2) is 67.0 Å². The first kappa shape index (κ1) is 23.6. The summed E-state index contributed by atoms with van der Waals surface area (Å²) in [5, 5.41) is 9.41. The van der Waals surface area contributed by atoms with Gasteiger partial charge in [-0.3, -0.25) is 9.78 Å². The molecule has 0 spiro atoms. The Morgan fingerprint density at radius 1 is 0.914 bits per heavy atom. The van der Waals surface area contributed by atoms with Crippen LogP contribution in [-0.2, 0) is 6.42 Å². The van der Waals surface area contributed by atoms with Crippen LogP contribution in [0, 0.1) is 0 Å². The van der Waals surface area contributed by atoms with Crippen LogP contribution in [0.3, 0.4) is 0 Å². The summed E-state index contributed by atoms with van der Waals surface area (Å²) in [7, 11) is 0. The standard InChI is InChI=1S/C27H21Cl3N4O/c28-19-7-5-17(6-8-19)15-18-3-1-2-4-22-25(27(35)32-21-11-13-31-14-12-21)33-34(26(18)22)24-10-9-20(29)16-23(24)30/h5-16H,1-4H2,(H,31,32,35). The number of hydrogen-bond acceptors (Lipinski definition) is 3. The van der Waals surface area contributed by atoms with Gasteiger partial charge < -0.3 is 5.32 Å². The van der Waals surface area contributed by atoms with Crippen LogP contribution in [-0.4, -0.2) is 20.7 Å². The van der Waals surface area contributed by atoms with Crippen molar-refractivity contribution in [3.63, 3.8) is 0 Å². The van der Waals surface area contributed by atoms with Gasteiger partial charge in [-0.2, -0.15) is 5.10 Å². The minimum Gasteiger partial charge on any atom is -0.320 e. The molecule has 0 atom stereocenters. The summed E-state index contributed by atoms with van der Waals surface area (Å²) in [6, 6.07) is 16.5. The van der Waals surface area contributed by atoms with E-state index in [1.54, 1.807) is 41.3 Å². The fourth-order valence-corrected chi connectivity index (χ4v) is 4.90. The van der Waals surface area contributed by atoms with E-state index in [0.29, 0.717) is 32.1 Å². The Hall–Kier alpha value is -3.12. The Labute approximate surface area is 218 Å². The number of carbonyl (C=O) groups excluding carboxylic acids is 1. The lowest BCUT2D eigenvalue weighted by Crippen LogP contribution is -2.15. The fraction of sp³-hybridized carbons (Fsp3) is 0.148. The number of halogens is 3. The van der Waals surface area contributed by atoms with Gasteiger partial charge in [-0.05, 0) is 85.4 Å². The van der Waals surface area contributed by atoms with Crippen LogP contribution in [0.25, 0.3) is 17.3 Å². The van der Waals surface area contributed by atoms with E-state index in [1.807, 2.05) is 30.3 Å². The predicted molar refractivity (Wildman–Crippen MR) is 143 cm³/mol. The zero-order chi connectivity index (χ0) is 24.4. The van der Waals surface area contributed by atoms with Crippen LogP contribution in [0.2, 0.25) is 15.1 Å². The molecule has 5 nitrogen and oxygen atoms in total. The van der Waals surface area contributed by atoms with Gasteiger partial charge in [0.1, 0.15) is 0 Å². The maximum absolute atomic E-state index is 13.4. The van der Waals surface area contributed by atoms with Gasteiger partial charge in [0.25, 0.3) is 5.91 Å². The molecule has 5 rings (SSSR count). The lowest BCUT2D eigenvalue weighted by molar-refractivity contribution is 0.102. The van der Waals surface area contributed by atoms with Crippen LogP contribution < -0.4 is 5.32 Å². The van der Waals surface area contributed by atoms with Crippen molar-refractivity contribution in [2.45, 2.75) is 25.7 Å². The molecule has 2 heterocycles. The van der Waals surface area contributed by atoms with Gasteiger partial charge in [0, 0.05) is 33.7 Å². The van der Waals surface area contributed by atoms with Crippen molar-refractivity contribution >= 4 is 58.0 Å². The van der Waals surface area contributed by atoms with E-state index in [0.717, 1.165) is 48.1 Å². The first-order valence-corrected chi connectivity index (χ1v) is 12.4. The molecule has 1 N–H and O–H groups in total. The van der Waals surface area contributed by atoms with Crippen molar-refractivity contribution < 1.29 is 4.79 Å². The number of benzene rings is 2. The summed E-state index contributed by atoms with van der Waals surface area (Å²) in [6.07, 6.45) is 8.92. The Morgan fingerprint density at radius 3 is 2.37 bits per heavy atom. The molecule has 4 aromatic rings. The number of fused-ring (bicyclic) bond motifs is 1. The number of hydrogen-bond donors (Lipinski definition) is 1. The molecule has 1 amide bonds. The third-order valence-electron chi connectivity index (χ3n) is 5.91. The van der Waals surface area contributed by atoms with Gasteiger partial charge in [0.2, 0.25) is 0 Å². The Balaban J connectivity index is 1.68. The van der Waals surface area contributed by atoms with Crippen molar-refractivity contribution in [3.8, 4) is 5.69 Å². The minimum absolute atomic E-state index is 0.274. The lowest BCUT2D eigenvalue weighted by atomic mass is 10.0. The van der Waals surface area contributed by atoms with Gasteiger partial charge in [0.15, 0.2) is 5.69 Å². The molecule has 0 radical (unpaired) electrons. The van der Waals surface area contributed by atoms with Gasteiger partial charge in [-0.25, -0.2) is 4.68 Å². The van der Waals surface area contributed by atoms with E-state index < -0.39 is 0 Å². The topological polar surface area (TPSA) is 59.8 Å². The average Bonchev–Trinajstić information content (AvgIpc) is 3.10. The number of rotatable bonds is 4. The second-order valence-corrected chi connectivity index (χ2v) is 9.58. The quantitative estimate of drug-likeness (QED) is 0.278. The number of nitrogens with one attached hydrogen (secondary N) is 1. The van der Waals surface area contributed by atoms with Crippen molar-refractivity contribution in [1.29, 1.82) is 0 Å². The number of amides is 1. The molecular formula is C27H21Cl3N4O. The normalized spacial score (nSPS) is 14.4. The minimum atomic E-state index is -0.274. The largest absolute Gasteiger partial charge is 0.320 e. The van der Waals surface area contributed by atoms with E-state index in [9.17, 15) is 4.79 Å². The number of anilines is 1. The van der Waals surface area contributed by atoms with Gasteiger partial charge in [-0.1, -0.05) is 46.9 Å². The second-order valence-electron chi connectivity index (χ2n) is 8.30. The molecule has 0 saturated carbocycles. The van der Waals surface area contributed by atoms with Crippen LogP contribution in [0.4, 0.5) is 5.69 Å². The van der Waals surface area contributed by atoms with Gasteiger partial charge in [0.05, 0.1) is 16.4 Å². The summed E-state index contributed by atoms with van der Waals surface area (Å²) in [4.78, 5) is 17.4. The highest BCUT2D eigenvalue weighted by molar-refractivity contribution is 6.35. The van der Waals surface area contributed by atoms with E-state index >= 15 is 0 Å². The molecule has 1 aliphatic rings. The lowest BCUT2D eigenvalue weighted by Gasteiger charge is -2.13. The zero-order valence-corrected chi connectivity index (χ0v) is 20.9. The molecule has 1 aliphatic carbocycles. The van der Waals surface area contributed by atoms with Crippen molar-refractivity contribution in [2.24, 2.45) is 0 Å². The second kappa shape index (κ2) is 10.2. The van der Waals surface area contributed by atoms with Crippen LogP contribution >= 0.6 is 34.8 Å². The molecule has 0 saturated heterocycles. The summed E-state index contributed by atoms with van der Waals surface area (Å²) in [5.41, 5.74) is 5.60. The SMILES string of the molecule is O=C(Nc1ccncc1)c1nn(-c2ccc(Cl)cc2Cl)c2c1CCCCC2=Cc1ccc(Cl)cc1. The molecule has 2 aromatic heterocycles. The van der Waals surface area contributed by atoms with E-state index in [-0.39, 0.29) is 5.91 Å². The number of allylic oxidation sites excluding steroid dienone is 1. The highest BCUT2D eigenvalue weighted by Crippen LogP contribution is 2.37. The smallest absolute Gasteiger partial charge is 0.276 e. The molecule has 0 aliphatic heterocycles.